The summed E-state index contributed by atoms with van der Waals surface area (Å²) >= 11 is 0. The van der Waals surface area contributed by atoms with Gasteiger partial charge in [0.2, 0.25) is 0 Å². The van der Waals surface area contributed by atoms with E-state index in [1.165, 1.54) is 12.1 Å². The molecule has 0 unspecified atom stereocenters. The first-order chi connectivity index (χ1) is 11.3. The number of Topliss-reactive ketones (excluding diaryl/α,β-unsaturated/α-hetero) is 1. The third-order valence-electron chi connectivity index (χ3n) is 3.60. The highest BCUT2D eigenvalue weighted by atomic mass is 19.4. The first-order valence-corrected chi connectivity index (χ1v) is 7.11. The summed E-state index contributed by atoms with van der Waals surface area (Å²) in [4.78, 5) is 25.9. The number of rotatable bonds is 4. The van der Waals surface area contributed by atoms with Gasteiger partial charge in [0.1, 0.15) is 5.78 Å². The lowest BCUT2D eigenvalue weighted by Gasteiger charge is -2.07. The lowest BCUT2D eigenvalue weighted by Crippen LogP contribution is -2.08. The number of hydrogen-bond acceptors (Lipinski definition) is 3. The Hall–Kier alpha value is -2.83. The molecule has 3 rings (SSSR count). The number of aromatic amines is 1. The van der Waals surface area contributed by atoms with E-state index >= 15 is 0 Å². The Morgan fingerprint density at radius 3 is 2.42 bits per heavy atom. The number of benzene rings is 2. The molecule has 0 saturated carbocycles. The van der Waals surface area contributed by atoms with Crippen molar-refractivity contribution in [2.24, 2.45) is 0 Å². The maximum absolute atomic E-state index is 12.5. The van der Waals surface area contributed by atoms with Gasteiger partial charge in [0.25, 0.3) is 0 Å². The number of fused-ring (bicyclic) bond motifs is 1. The van der Waals surface area contributed by atoms with Gasteiger partial charge in [0, 0.05) is 18.4 Å². The number of hydrogen-bond donors (Lipinski definition) is 1. The summed E-state index contributed by atoms with van der Waals surface area (Å²) < 4.78 is 42.6. The molecule has 3 aromatic rings. The van der Waals surface area contributed by atoms with Crippen LogP contribution in [0.5, 0.6) is 0 Å². The lowest BCUT2D eigenvalue weighted by molar-refractivity contribution is -0.137. The molecule has 7 heteroatoms. The number of oxazole rings is 1. The van der Waals surface area contributed by atoms with Crippen LogP contribution in [0.1, 0.15) is 16.7 Å². The zero-order chi connectivity index (χ0) is 17.3. The summed E-state index contributed by atoms with van der Waals surface area (Å²) in [5, 5.41) is 0. The van der Waals surface area contributed by atoms with Crippen LogP contribution in [-0.4, -0.2) is 10.8 Å². The molecule has 24 heavy (non-hydrogen) atoms. The average Bonchev–Trinajstić information content (AvgIpc) is 2.88. The third kappa shape index (κ3) is 3.40. The first-order valence-electron chi connectivity index (χ1n) is 7.11. The second-order valence-electron chi connectivity index (χ2n) is 5.40. The SMILES string of the molecule is O=C(Cc1ccc(C(F)(F)F)cc1)Cc1cccc2[nH]c(=O)oc12. The highest BCUT2D eigenvalue weighted by Crippen LogP contribution is 2.29. The fourth-order valence-electron chi connectivity index (χ4n) is 2.49. The van der Waals surface area contributed by atoms with E-state index in [0.29, 0.717) is 22.2 Å². The number of ketones is 1. The van der Waals surface area contributed by atoms with Gasteiger partial charge < -0.3 is 4.42 Å². The van der Waals surface area contributed by atoms with E-state index < -0.39 is 17.5 Å². The van der Waals surface area contributed by atoms with Gasteiger partial charge in [-0.25, -0.2) is 4.79 Å². The Morgan fingerprint density at radius 1 is 1.04 bits per heavy atom. The molecule has 0 aliphatic heterocycles. The van der Waals surface area contributed by atoms with Crippen molar-refractivity contribution in [3.05, 3.63) is 69.7 Å². The van der Waals surface area contributed by atoms with Crippen LogP contribution in [-0.2, 0) is 23.8 Å². The van der Waals surface area contributed by atoms with Crippen LogP contribution in [0.4, 0.5) is 13.2 Å². The molecule has 0 atom stereocenters. The van der Waals surface area contributed by atoms with Crippen molar-refractivity contribution in [1.29, 1.82) is 0 Å². The van der Waals surface area contributed by atoms with Crippen LogP contribution in [0, 0.1) is 0 Å². The molecule has 1 N–H and O–H groups in total. The Morgan fingerprint density at radius 2 is 1.75 bits per heavy atom. The molecule has 0 spiro atoms. The fraction of sp³-hybridized carbons (Fsp3) is 0.176. The summed E-state index contributed by atoms with van der Waals surface area (Å²) in [6.07, 6.45) is -4.37. The van der Waals surface area contributed by atoms with Gasteiger partial charge in [0.05, 0.1) is 11.1 Å². The molecule has 1 heterocycles. The Bertz CT molecular complexity index is 936. The fourth-order valence-corrected chi connectivity index (χ4v) is 2.49. The van der Waals surface area contributed by atoms with Gasteiger partial charge in [-0.05, 0) is 23.8 Å². The van der Waals surface area contributed by atoms with Gasteiger partial charge >= 0.3 is 11.9 Å². The smallest absolute Gasteiger partial charge is 0.408 e. The molecule has 0 radical (unpaired) electrons. The predicted molar refractivity (Wildman–Crippen MR) is 80.7 cm³/mol. The monoisotopic (exact) mass is 335 g/mol. The standard InChI is InChI=1S/C17H12F3NO3/c18-17(19,20)12-6-4-10(5-7-12)8-13(22)9-11-2-1-3-14-15(11)24-16(23)21-14/h1-7H,8-9H2,(H,21,23). The van der Waals surface area contributed by atoms with Crippen molar-refractivity contribution in [1.82, 2.24) is 4.98 Å². The minimum atomic E-state index is -4.40. The number of H-pyrrole nitrogens is 1. The van der Waals surface area contributed by atoms with E-state index in [4.69, 9.17) is 4.42 Å². The van der Waals surface area contributed by atoms with E-state index in [9.17, 15) is 22.8 Å². The average molecular weight is 335 g/mol. The summed E-state index contributed by atoms with van der Waals surface area (Å²) in [5.74, 6) is -0.793. The molecule has 4 nitrogen and oxygen atoms in total. The second kappa shape index (κ2) is 5.99. The van der Waals surface area contributed by atoms with Gasteiger partial charge in [-0.15, -0.1) is 0 Å². The largest absolute Gasteiger partial charge is 0.417 e. The quantitative estimate of drug-likeness (QED) is 0.794. The maximum atomic E-state index is 12.5. The number of nitrogens with one attached hydrogen (secondary N) is 1. The van der Waals surface area contributed by atoms with Crippen molar-refractivity contribution >= 4 is 16.9 Å². The van der Waals surface area contributed by atoms with Crippen molar-refractivity contribution in [2.45, 2.75) is 19.0 Å². The molecular weight excluding hydrogens is 323 g/mol. The van der Waals surface area contributed by atoms with E-state index in [2.05, 4.69) is 4.98 Å². The molecule has 0 aliphatic rings. The first kappa shape index (κ1) is 16.0. The summed E-state index contributed by atoms with van der Waals surface area (Å²) in [6.45, 7) is 0. The van der Waals surface area contributed by atoms with Crippen LogP contribution in [0.25, 0.3) is 11.1 Å². The van der Waals surface area contributed by atoms with Crippen LogP contribution in [0.15, 0.2) is 51.7 Å². The number of carbonyl (C=O) groups is 1. The van der Waals surface area contributed by atoms with E-state index in [0.717, 1.165) is 12.1 Å². The van der Waals surface area contributed by atoms with Crippen LogP contribution >= 0.6 is 0 Å². The minimum absolute atomic E-state index is 0.00315. The van der Waals surface area contributed by atoms with E-state index in [1.54, 1.807) is 18.2 Å². The minimum Gasteiger partial charge on any atom is -0.408 e. The van der Waals surface area contributed by atoms with Crippen molar-refractivity contribution in [3.8, 4) is 0 Å². The highest BCUT2D eigenvalue weighted by molar-refractivity contribution is 5.87. The predicted octanol–water partition coefficient (Wildman–Crippen LogP) is 3.49. The molecule has 124 valence electrons. The Balaban J connectivity index is 1.74. The summed E-state index contributed by atoms with van der Waals surface area (Å²) in [7, 11) is 0. The molecule has 2 aromatic carbocycles. The zero-order valence-corrected chi connectivity index (χ0v) is 12.3. The van der Waals surface area contributed by atoms with Crippen molar-refractivity contribution in [2.75, 3.05) is 0 Å². The number of halogens is 3. The Kier molecular flexibility index (Phi) is 4.01. The Labute approximate surface area is 133 Å². The molecule has 0 saturated heterocycles. The number of carbonyl (C=O) groups excluding carboxylic acids is 1. The zero-order valence-electron chi connectivity index (χ0n) is 12.3. The molecular formula is C17H12F3NO3. The second-order valence-corrected chi connectivity index (χ2v) is 5.40. The van der Waals surface area contributed by atoms with Crippen molar-refractivity contribution in [3.63, 3.8) is 0 Å². The van der Waals surface area contributed by atoms with Crippen LogP contribution < -0.4 is 5.76 Å². The summed E-state index contributed by atoms with van der Waals surface area (Å²) in [5.41, 5.74) is 1.12. The molecule has 0 bridgehead atoms. The third-order valence-corrected chi connectivity index (χ3v) is 3.60. The number of para-hydroxylation sites is 1. The molecule has 0 aliphatic carbocycles. The molecule has 0 amide bonds. The normalized spacial score (nSPS) is 11.8. The number of alkyl halides is 3. The topological polar surface area (TPSA) is 63.1 Å². The maximum Gasteiger partial charge on any atom is 0.417 e. The van der Waals surface area contributed by atoms with Gasteiger partial charge in [-0.2, -0.15) is 13.2 Å². The number of aromatic nitrogens is 1. The van der Waals surface area contributed by atoms with Gasteiger partial charge in [-0.1, -0.05) is 24.3 Å². The van der Waals surface area contributed by atoms with Crippen molar-refractivity contribution < 1.29 is 22.4 Å². The van der Waals surface area contributed by atoms with Crippen LogP contribution in [0.2, 0.25) is 0 Å². The van der Waals surface area contributed by atoms with E-state index in [1.807, 2.05) is 0 Å². The summed E-state index contributed by atoms with van der Waals surface area (Å²) in [6, 6.07) is 9.50. The highest BCUT2D eigenvalue weighted by Gasteiger charge is 2.29. The van der Waals surface area contributed by atoms with Gasteiger partial charge in [0.15, 0.2) is 5.58 Å². The lowest BCUT2D eigenvalue weighted by atomic mass is 10.0. The molecule has 0 fully saturated rings. The van der Waals surface area contributed by atoms with Gasteiger partial charge in [-0.3, -0.25) is 9.78 Å². The molecule has 1 aromatic heterocycles. The van der Waals surface area contributed by atoms with E-state index in [-0.39, 0.29) is 18.6 Å². The van der Waals surface area contributed by atoms with Crippen LogP contribution in [0.3, 0.4) is 0 Å².